The van der Waals surface area contributed by atoms with E-state index in [9.17, 15) is 14.4 Å². The Balaban J connectivity index is 4.06. The number of hydrogen-bond donors (Lipinski definition) is 1. The molecule has 0 atom stereocenters. The summed E-state index contributed by atoms with van der Waals surface area (Å²) in [5, 5.41) is 2.83. The molecule has 1 N–H and O–H groups in total. The average Bonchev–Trinajstić information content (AvgIpc) is 2.97. The van der Waals surface area contributed by atoms with Gasteiger partial charge in [-0.25, -0.2) is 0 Å². The third kappa shape index (κ3) is 31.8. The van der Waals surface area contributed by atoms with Crippen LogP contribution in [0.5, 0.6) is 0 Å². The molecule has 260 valence electrons. The summed E-state index contributed by atoms with van der Waals surface area (Å²) in [6, 6.07) is -0.619. The van der Waals surface area contributed by atoms with Crippen LogP contribution in [0.15, 0.2) is 0 Å². The van der Waals surface area contributed by atoms with Crippen molar-refractivity contribution in [3.63, 3.8) is 0 Å². The van der Waals surface area contributed by atoms with Crippen LogP contribution in [-0.4, -0.2) is 62.6 Å². The fraction of sp³-hybridized carbons (Fsp3) is 0.919. The molecular weight excluding hydrogens is 552 g/mol. The summed E-state index contributed by atoms with van der Waals surface area (Å²) >= 11 is 0. The molecule has 0 heterocycles. The summed E-state index contributed by atoms with van der Waals surface area (Å²) in [6.07, 6.45) is 30.1. The van der Waals surface area contributed by atoms with Gasteiger partial charge in [0.05, 0.1) is 32.6 Å². The number of ether oxygens (including phenoxy) is 2. The Morgan fingerprint density at radius 2 is 0.795 bits per heavy atom. The molecule has 0 saturated heterocycles. The van der Waals surface area contributed by atoms with Crippen LogP contribution < -0.4 is 5.32 Å². The Morgan fingerprint density at radius 3 is 1.09 bits per heavy atom. The second-order valence-corrected chi connectivity index (χ2v) is 13.1. The van der Waals surface area contributed by atoms with Crippen molar-refractivity contribution in [1.82, 2.24) is 10.2 Å². The van der Waals surface area contributed by atoms with E-state index in [0.29, 0.717) is 13.2 Å². The lowest BCUT2D eigenvalue weighted by molar-refractivity contribution is -0.146. The first-order valence-corrected chi connectivity index (χ1v) is 18.6. The van der Waals surface area contributed by atoms with Gasteiger partial charge in [0, 0.05) is 6.04 Å². The number of nitrogens with one attached hydrogen (secondary N) is 1. The lowest BCUT2D eigenvalue weighted by atomic mass is 10.1. The number of likely N-dealkylation sites (N-methyl/N-ethyl adjacent to an activating group) is 1. The van der Waals surface area contributed by atoms with E-state index >= 15 is 0 Å². The molecule has 0 spiro atoms. The van der Waals surface area contributed by atoms with Gasteiger partial charge in [-0.2, -0.15) is 0 Å². The van der Waals surface area contributed by atoms with Crippen LogP contribution in [-0.2, 0) is 23.9 Å². The average molecular weight is 625 g/mol. The molecule has 7 nitrogen and oxygen atoms in total. The number of carbonyl (C=O) groups is 3. The molecule has 0 unspecified atom stereocenters. The molecule has 0 aliphatic carbocycles. The quantitative estimate of drug-likeness (QED) is 0.0579. The summed E-state index contributed by atoms with van der Waals surface area (Å²) < 4.78 is 10.9. The number of esters is 2. The minimum atomic E-state index is -0.619. The molecule has 0 aliphatic heterocycles. The van der Waals surface area contributed by atoms with Crippen molar-refractivity contribution in [3.05, 3.63) is 0 Å². The molecule has 0 aromatic rings. The highest BCUT2D eigenvalue weighted by Gasteiger charge is 2.22. The van der Waals surface area contributed by atoms with Crippen LogP contribution in [0.2, 0.25) is 0 Å². The zero-order valence-corrected chi connectivity index (χ0v) is 29.6. The summed E-state index contributed by atoms with van der Waals surface area (Å²) in [5.74, 6) is -0.975. The van der Waals surface area contributed by atoms with Gasteiger partial charge in [-0.15, -0.1) is 0 Å². The topological polar surface area (TPSA) is 84.9 Å². The Kier molecular flexibility index (Phi) is 31.5. The standard InChI is InChI=1S/C37H72N2O5/c1-5-7-9-11-13-15-17-19-21-23-25-27-29-43-36(41)31-34(38-35(40)33-39(3)4)32-37(42)44-30-28-26-24-22-20-18-16-14-12-10-8-6-2/h34H,5-33H2,1-4H3,(H,38,40). The van der Waals surface area contributed by atoms with Gasteiger partial charge in [-0.1, -0.05) is 155 Å². The van der Waals surface area contributed by atoms with Crippen LogP contribution in [0, 0.1) is 0 Å². The molecule has 0 bridgehead atoms. The van der Waals surface area contributed by atoms with E-state index < -0.39 is 6.04 Å². The zero-order chi connectivity index (χ0) is 32.5. The molecule has 0 saturated carbocycles. The SMILES string of the molecule is CCCCCCCCCCCCCCOC(=O)CC(CC(=O)OCCCCCCCCCCCCCC)NC(=O)CN(C)C. The second-order valence-electron chi connectivity index (χ2n) is 13.1. The van der Waals surface area contributed by atoms with Crippen LogP contribution in [0.4, 0.5) is 0 Å². The van der Waals surface area contributed by atoms with Crippen molar-refractivity contribution < 1.29 is 23.9 Å². The molecule has 1 amide bonds. The summed E-state index contributed by atoms with van der Waals surface area (Å²) in [7, 11) is 3.61. The van der Waals surface area contributed by atoms with Crippen molar-refractivity contribution >= 4 is 17.8 Å². The van der Waals surface area contributed by atoms with E-state index in [-0.39, 0.29) is 37.2 Å². The highest BCUT2D eigenvalue weighted by atomic mass is 16.5. The predicted octanol–water partition coefficient (Wildman–Crippen LogP) is 9.30. The van der Waals surface area contributed by atoms with E-state index in [0.717, 1.165) is 25.7 Å². The van der Waals surface area contributed by atoms with Crippen molar-refractivity contribution in [1.29, 1.82) is 0 Å². The lowest BCUT2D eigenvalue weighted by Gasteiger charge is -2.19. The molecule has 0 fully saturated rings. The largest absolute Gasteiger partial charge is 0.466 e. The fourth-order valence-corrected chi connectivity index (χ4v) is 5.51. The van der Waals surface area contributed by atoms with Crippen molar-refractivity contribution in [2.45, 2.75) is 187 Å². The number of nitrogens with zero attached hydrogens (tertiary/aromatic N) is 1. The molecule has 0 rings (SSSR count). The molecule has 0 radical (unpaired) electrons. The minimum absolute atomic E-state index is 0.0227. The smallest absolute Gasteiger partial charge is 0.307 e. The van der Waals surface area contributed by atoms with Gasteiger partial charge in [-0.05, 0) is 26.9 Å². The first-order chi connectivity index (χ1) is 21.4. The lowest BCUT2D eigenvalue weighted by Crippen LogP contribution is -2.42. The van der Waals surface area contributed by atoms with Gasteiger partial charge in [0.15, 0.2) is 0 Å². The Bertz CT molecular complexity index is 626. The Morgan fingerprint density at radius 1 is 0.500 bits per heavy atom. The molecule has 0 aromatic carbocycles. The summed E-state index contributed by atoms with van der Waals surface area (Å²) in [5.41, 5.74) is 0. The van der Waals surface area contributed by atoms with Crippen LogP contribution >= 0.6 is 0 Å². The molecule has 0 aromatic heterocycles. The second kappa shape index (κ2) is 32.8. The van der Waals surface area contributed by atoms with E-state index in [4.69, 9.17) is 9.47 Å². The Labute approximate surface area is 272 Å². The first-order valence-electron chi connectivity index (χ1n) is 18.6. The third-order valence-electron chi connectivity index (χ3n) is 8.17. The van der Waals surface area contributed by atoms with Gasteiger partial charge < -0.3 is 19.7 Å². The van der Waals surface area contributed by atoms with Gasteiger partial charge in [0.1, 0.15) is 0 Å². The number of amides is 1. The molecule has 44 heavy (non-hydrogen) atoms. The van der Waals surface area contributed by atoms with E-state index in [1.54, 1.807) is 19.0 Å². The highest BCUT2D eigenvalue weighted by Crippen LogP contribution is 2.14. The normalized spacial score (nSPS) is 11.3. The maximum atomic E-state index is 12.5. The van der Waals surface area contributed by atoms with Crippen molar-refractivity contribution in [3.8, 4) is 0 Å². The molecule has 7 heteroatoms. The zero-order valence-electron chi connectivity index (χ0n) is 29.6. The number of carbonyl (C=O) groups excluding carboxylic acids is 3. The number of hydrogen-bond acceptors (Lipinski definition) is 6. The maximum Gasteiger partial charge on any atom is 0.307 e. The number of unbranched alkanes of at least 4 members (excludes halogenated alkanes) is 22. The molecular formula is C37H72N2O5. The number of rotatable bonds is 33. The van der Waals surface area contributed by atoms with Crippen molar-refractivity contribution in [2.75, 3.05) is 33.9 Å². The van der Waals surface area contributed by atoms with Crippen LogP contribution in [0.1, 0.15) is 181 Å². The monoisotopic (exact) mass is 625 g/mol. The van der Waals surface area contributed by atoms with E-state index in [1.807, 2.05) is 0 Å². The maximum absolute atomic E-state index is 12.5. The summed E-state index contributed by atoms with van der Waals surface area (Å²) in [4.78, 5) is 39.1. The van der Waals surface area contributed by atoms with Gasteiger partial charge >= 0.3 is 11.9 Å². The fourth-order valence-electron chi connectivity index (χ4n) is 5.51. The van der Waals surface area contributed by atoms with E-state index in [2.05, 4.69) is 19.2 Å². The van der Waals surface area contributed by atoms with Crippen LogP contribution in [0.3, 0.4) is 0 Å². The van der Waals surface area contributed by atoms with Crippen LogP contribution in [0.25, 0.3) is 0 Å². The molecule has 0 aliphatic rings. The third-order valence-corrected chi connectivity index (χ3v) is 8.17. The van der Waals surface area contributed by atoms with Gasteiger partial charge in [0.25, 0.3) is 0 Å². The Hall–Kier alpha value is -1.63. The van der Waals surface area contributed by atoms with E-state index in [1.165, 1.54) is 128 Å². The minimum Gasteiger partial charge on any atom is -0.466 e. The van der Waals surface area contributed by atoms with Gasteiger partial charge in [0.2, 0.25) is 5.91 Å². The van der Waals surface area contributed by atoms with Crippen molar-refractivity contribution in [2.24, 2.45) is 0 Å². The van der Waals surface area contributed by atoms with Gasteiger partial charge in [-0.3, -0.25) is 14.4 Å². The highest BCUT2D eigenvalue weighted by molar-refractivity contribution is 5.81. The summed E-state index contributed by atoms with van der Waals surface area (Å²) in [6.45, 7) is 5.48. The first kappa shape index (κ1) is 42.4. The predicted molar refractivity (Wildman–Crippen MR) is 184 cm³/mol.